The Morgan fingerprint density at radius 1 is 1.43 bits per heavy atom. The molecule has 0 aliphatic rings. The van der Waals surface area contributed by atoms with Crippen LogP contribution in [0.15, 0.2) is 0 Å². The second-order valence-corrected chi connectivity index (χ2v) is 6.82. The summed E-state index contributed by atoms with van der Waals surface area (Å²) in [6.07, 6.45) is 0.281. The van der Waals surface area contributed by atoms with Crippen LogP contribution in [0.1, 0.15) is 6.42 Å². The van der Waals surface area contributed by atoms with Gasteiger partial charge in [0, 0.05) is 17.7 Å². The lowest BCUT2D eigenvalue weighted by Gasteiger charge is -2.05. The third kappa shape index (κ3) is 10.3. The molecule has 0 saturated heterocycles. The Labute approximate surface area is 92.5 Å². The van der Waals surface area contributed by atoms with E-state index in [-0.39, 0.29) is 16.6 Å². The maximum atomic E-state index is 11.1. The first kappa shape index (κ1) is 14.2. The molecule has 0 rings (SSSR count). The van der Waals surface area contributed by atoms with E-state index in [2.05, 4.69) is 0 Å². The molecule has 0 bridgehead atoms. The molecule has 0 aromatic carbocycles. The second-order valence-electron chi connectivity index (χ2n) is 2.64. The first-order valence-corrected chi connectivity index (χ1v) is 7.15. The van der Waals surface area contributed by atoms with E-state index in [1.54, 1.807) is 18.4 Å². The van der Waals surface area contributed by atoms with Crippen molar-refractivity contribution in [1.29, 1.82) is 0 Å². The molecule has 0 aliphatic carbocycles. The van der Waals surface area contributed by atoms with Crippen molar-refractivity contribution in [3.05, 3.63) is 0 Å². The highest BCUT2D eigenvalue weighted by Gasteiger charge is 2.07. The van der Waals surface area contributed by atoms with Crippen LogP contribution in [0.2, 0.25) is 0 Å². The number of nitrogens with zero attached hydrogens (tertiary/aromatic N) is 1. The zero-order valence-corrected chi connectivity index (χ0v) is 10.4. The first-order chi connectivity index (χ1) is 6.31. The van der Waals surface area contributed by atoms with Gasteiger partial charge in [0.2, 0.25) is 0 Å². The summed E-state index contributed by atoms with van der Waals surface area (Å²) >= 11 is 2.11. The molecule has 5 nitrogen and oxygen atoms in total. The van der Waals surface area contributed by atoms with Crippen LogP contribution in [0.3, 0.4) is 0 Å². The monoisotopic (exact) mass is 259 g/mol. The molecule has 0 aliphatic heterocycles. The first-order valence-electron chi connectivity index (χ1n) is 3.78. The summed E-state index contributed by atoms with van der Waals surface area (Å²) in [5.41, 5.74) is 0. The molecule has 0 unspecified atom stereocenters. The highest BCUT2D eigenvalue weighted by molar-refractivity contribution is 8.37. The molecule has 0 aromatic heterocycles. The fourth-order valence-electron chi connectivity index (χ4n) is 0.572. The van der Waals surface area contributed by atoms with Gasteiger partial charge in [0.15, 0.2) is 0 Å². The average molecular weight is 259 g/mol. The quantitative estimate of drug-likeness (QED) is 0.453. The van der Waals surface area contributed by atoms with Crippen molar-refractivity contribution in [1.82, 2.24) is 4.31 Å². The predicted octanol–water partition coefficient (Wildman–Crippen LogP) is 1.33. The molecule has 0 atom stereocenters. The minimum Gasteiger partial charge on any atom is -0.286 e. The van der Waals surface area contributed by atoms with Crippen LogP contribution >= 0.6 is 23.7 Å². The number of rotatable bonds is 5. The summed E-state index contributed by atoms with van der Waals surface area (Å²) < 4.78 is 30.6. The average Bonchev–Trinajstić information content (AvgIpc) is 1.95. The maximum Gasteiger partial charge on any atom is 0.264 e. The van der Waals surface area contributed by atoms with Crippen LogP contribution in [0.4, 0.5) is 4.79 Å². The molecule has 84 valence electrons. The SMILES string of the molecule is CN(C)SC(=O)SCCCS(=O)(=O)O. The lowest BCUT2D eigenvalue weighted by Crippen LogP contribution is -2.06. The highest BCUT2D eigenvalue weighted by Crippen LogP contribution is 2.18. The van der Waals surface area contributed by atoms with E-state index in [1.165, 1.54) is 0 Å². The summed E-state index contributed by atoms with van der Waals surface area (Å²) in [5.74, 6) is 0.110. The van der Waals surface area contributed by atoms with Crippen LogP contribution in [0.25, 0.3) is 0 Å². The molecule has 0 saturated carbocycles. The molecule has 0 aromatic rings. The Bertz CT molecular complexity index is 275. The molecule has 0 amide bonds. The Morgan fingerprint density at radius 3 is 2.43 bits per heavy atom. The van der Waals surface area contributed by atoms with E-state index in [0.717, 1.165) is 23.7 Å². The van der Waals surface area contributed by atoms with Crippen LogP contribution in [0.5, 0.6) is 0 Å². The van der Waals surface area contributed by atoms with Gasteiger partial charge in [-0.3, -0.25) is 9.35 Å². The van der Waals surface area contributed by atoms with Gasteiger partial charge in [0.25, 0.3) is 14.6 Å². The van der Waals surface area contributed by atoms with Gasteiger partial charge in [-0.25, -0.2) is 4.31 Å². The number of carbonyl (C=O) groups excluding carboxylic acids is 1. The molecule has 8 heteroatoms. The van der Waals surface area contributed by atoms with Gasteiger partial charge in [-0.1, -0.05) is 11.8 Å². The topological polar surface area (TPSA) is 74.7 Å². The van der Waals surface area contributed by atoms with Crippen molar-refractivity contribution in [2.75, 3.05) is 25.6 Å². The van der Waals surface area contributed by atoms with Crippen LogP contribution in [-0.2, 0) is 10.1 Å². The Balaban J connectivity index is 3.51. The van der Waals surface area contributed by atoms with Gasteiger partial charge >= 0.3 is 0 Å². The maximum absolute atomic E-state index is 11.1. The fraction of sp³-hybridized carbons (Fsp3) is 0.833. The summed E-state index contributed by atoms with van der Waals surface area (Å²) in [7, 11) is -0.384. The molecule has 1 N–H and O–H groups in total. The molecule has 0 spiro atoms. The number of carbonyl (C=O) groups is 1. The Kier molecular flexibility index (Phi) is 6.79. The van der Waals surface area contributed by atoms with E-state index in [0.29, 0.717) is 5.75 Å². The largest absolute Gasteiger partial charge is 0.286 e. The Hall–Kier alpha value is 0.240. The van der Waals surface area contributed by atoms with E-state index < -0.39 is 10.1 Å². The molecule has 0 heterocycles. The Morgan fingerprint density at radius 2 is 2.00 bits per heavy atom. The predicted molar refractivity (Wildman–Crippen MR) is 60.2 cm³/mol. The smallest absolute Gasteiger partial charge is 0.264 e. The summed E-state index contributed by atoms with van der Waals surface area (Å²) in [6.45, 7) is 0. The highest BCUT2D eigenvalue weighted by atomic mass is 32.2. The van der Waals surface area contributed by atoms with E-state index in [4.69, 9.17) is 4.55 Å². The molecular weight excluding hydrogens is 246 g/mol. The lowest BCUT2D eigenvalue weighted by molar-refractivity contribution is 0.276. The van der Waals surface area contributed by atoms with Crippen LogP contribution < -0.4 is 0 Å². The number of hydrogen-bond acceptors (Lipinski definition) is 6. The van der Waals surface area contributed by atoms with Gasteiger partial charge in [0.05, 0.1) is 5.75 Å². The third-order valence-electron chi connectivity index (χ3n) is 1.02. The zero-order valence-electron chi connectivity index (χ0n) is 7.97. The van der Waals surface area contributed by atoms with Crippen molar-refractivity contribution in [2.24, 2.45) is 0 Å². The third-order valence-corrected chi connectivity index (χ3v) is 3.65. The molecule has 0 radical (unpaired) electrons. The van der Waals surface area contributed by atoms with Crippen LogP contribution in [-0.4, -0.2) is 47.3 Å². The molecule has 14 heavy (non-hydrogen) atoms. The van der Waals surface area contributed by atoms with Crippen molar-refractivity contribution in [3.63, 3.8) is 0 Å². The standard InChI is InChI=1S/C6H13NO4S3/c1-7(2)13-6(8)12-4-3-5-14(9,10)11/h3-5H2,1-2H3,(H,9,10,11). The summed E-state index contributed by atoms with van der Waals surface area (Å²) in [5, 5.41) is 0. The molecule has 0 fully saturated rings. The van der Waals surface area contributed by atoms with E-state index in [1.807, 2.05) is 0 Å². The van der Waals surface area contributed by atoms with Crippen LogP contribution in [0, 0.1) is 0 Å². The van der Waals surface area contributed by atoms with Crippen molar-refractivity contribution in [2.45, 2.75) is 6.42 Å². The summed E-state index contributed by atoms with van der Waals surface area (Å²) in [4.78, 5) is 11.1. The van der Waals surface area contributed by atoms with Gasteiger partial charge in [-0.2, -0.15) is 8.42 Å². The van der Waals surface area contributed by atoms with Gasteiger partial charge < -0.3 is 0 Å². The van der Waals surface area contributed by atoms with Gasteiger partial charge in [-0.15, -0.1) is 0 Å². The zero-order chi connectivity index (χ0) is 11.2. The van der Waals surface area contributed by atoms with Crippen molar-refractivity contribution >= 4 is 38.3 Å². The fourth-order valence-corrected chi connectivity index (χ4v) is 2.93. The number of hydrogen-bond donors (Lipinski definition) is 1. The minimum atomic E-state index is -3.89. The lowest BCUT2D eigenvalue weighted by atomic mass is 10.6. The van der Waals surface area contributed by atoms with Gasteiger partial charge in [0.1, 0.15) is 0 Å². The van der Waals surface area contributed by atoms with E-state index in [9.17, 15) is 13.2 Å². The van der Waals surface area contributed by atoms with Gasteiger partial charge in [-0.05, 0) is 20.5 Å². The number of thioether (sulfide) groups is 1. The van der Waals surface area contributed by atoms with Crippen molar-refractivity contribution < 1.29 is 17.8 Å². The molecular formula is C6H13NO4S3. The summed E-state index contributed by atoms with van der Waals surface area (Å²) in [6, 6.07) is 0. The second kappa shape index (κ2) is 6.67. The minimum absolute atomic E-state index is 0.0784. The normalized spacial score (nSPS) is 12.0. The van der Waals surface area contributed by atoms with E-state index >= 15 is 0 Å². The van der Waals surface area contributed by atoms with Crippen molar-refractivity contribution in [3.8, 4) is 0 Å².